The van der Waals surface area contributed by atoms with Gasteiger partial charge in [-0.25, -0.2) is 14.8 Å². The highest BCUT2D eigenvalue weighted by Gasteiger charge is 2.26. The fourth-order valence-electron chi connectivity index (χ4n) is 5.85. The highest BCUT2D eigenvalue weighted by atomic mass is 16.4. The Morgan fingerprint density at radius 2 is 1.57 bits per heavy atom. The Labute approximate surface area is 301 Å². The number of aliphatic carboxylic acids is 1. The van der Waals surface area contributed by atoms with Crippen LogP contribution in [0.15, 0.2) is 73.3 Å². The number of nitrogens with zero attached hydrogens (tertiary/aromatic N) is 2. The van der Waals surface area contributed by atoms with Crippen LogP contribution < -0.4 is 21.3 Å². The van der Waals surface area contributed by atoms with Gasteiger partial charge in [-0.15, -0.1) is 0 Å². The minimum Gasteiger partial charge on any atom is -0.507 e. The molecule has 53 heavy (non-hydrogen) atoms. The van der Waals surface area contributed by atoms with Crippen molar-refractivity contribution in [2.45, 2.75) is 38.8 Å². The number of phenols is 1. The van der Waals surface area contributed by atoms with Crippen LogP contribution in [-0.4, -0.2) is 89.9 Å². The van der Waals surface area contributed by atoms with Gasteiger partial charge in [-0.2, -0.15) is 0 Å². The van der Waals surface area contributed by atoms with Crippen LogP contribution >= 0.6 is 0 Å². The van der Waals surface area contributed by atoms with Crippen molar-refractivity contribution in [1.29, 1.82) is 0 Å². The van der Waals surface area contributed by atoms with Crippen molar-refractivity contribution in [3.05, 3.63) is 101 Å². The summed E-state index contributed by atoms with van der Waals surface area (Å²) in [6, 6.07) is 13.3. The van der Waals surface area contributed by atoms with Gasteiger partial charge in [-0.3, -0.25) is 19.2 Å². The van der Waals surface area contributed by atoms with Crippen molar-refractivity contribution < 1.29 is 34.2 Å². The number of para-hydroxylation sites is 1. The van der Waals surface area contributed by atoms with Gasteiger partial charge in [0.1, 0.15) is 23.7 Å². The first-order valence-electron chi connectivity index (χ1n) is 16.6. The van der Waals surface area contributed by atoms with Crippen LogP contribution in [0.3, 0.4) is 0 Å². The number of aromatic hydroxyl groups is 1. The van der Waals surface area contributed by atoms with Crippen molar-refractivity contribution in [2.75, 3.05) is 13.1 Å². The molecule has 16 nitrogen and oxygen atoms in total. The molecule has 0 aliphatic carbocycles. The summed E-state index contributed by atoms with van der Waals surface area (Å²) in [4.78, 5) is 81.8. The molecule has 0 aliphatic rings. The summed E-state index contributed by atoms with van der Waals surface area (Å²) in [7, 11) is 0. The summed E-state index contributed by atoms with van der Waals surface area (Å²) in [6.45, 7) is 2.87. The first kappa shape index (κ1) is 35.8. The number of nitrogens with one attached hydrogen (secondary N) is 7. The largest absolute Gasteiger partial charge is 0.507 e. The third kappa shape index (κ3) is 8.50. The predicted octanol–water partition coefficient (Wildman–Crippen LogP) is 2.14. The molecule has 0 bridgehead atoms. The van der Waals surface area contributed by atoms with E-state index in [1.54, 1.807) is 12.3 Å². The summed E-state index contributed by atoms with van der Waals surface area (Å²) >= 11 is 0. The fourth-order valence-corrected chi connectivity index (χ4v) is 5.85. The number of aromatic amines is 3. The van der Waals surface area contributed by atoms with Crippen LogP contribution in [0.25, 0.3) is 33.3 Å². The molecule has 2 atom stereocenters. The topological polar surface area (TPSA) is 247 Å². The van der Waals surface area contributed by atoms with Gasteiger partial charge in [0.25, 0.3) is 5.91 Å². The summed E-state index contributed by atoms with van der Waals surface area (Å²) in [5.74, 6) is -4.01. The Morgan fingerprint density at radius 1 is 0.830 bits per heavy atom. The van der Waals surface area contributed by atoms with Gasteiger partial charge in [-0.1, -0.05) is 18.2 Å². The standard InChI is InChI=1S/C37H37N9O7/c1-19-9-27-28(10-20(19)2)46-34(45-27)21-7-8-31(47)25(11-21)35(50)40-16-32(48)43-29(12-22-14-39-26-6-4-3-5-24(22)26)36(51)41-17-33(49)44-30(37(52)53)13-23-15-38-18-42-23/h3-11,14-15,18,29-30,39,47H,12-13,16-17H2,1-2H3,(H,38,42)(H,40,50)(H,41,51)(H,43,48)(H,44,49)(H,45,46)(H,52,53)/t29-,30-/m0/s1. The van der Waals surface area contributed by atoms with Crippen molar-refractivity contribution >= 4 is 51.5 Å². The number of H-pyrrole nitrogens is 3. The van der Waals surface area contributed by atoms with E-state index in [2.05, 4.69) is 46.2 Å². The number of rotatable bonds is 14. The molecule has 3 heterocycles. The van der Waals surface area contributed by atoms with E-state index in [0.29, 0.717) is 22.6 Å². The van der Waals surface area contributed by atoms with Gasteiger partial charge in [0.05, 0.1) is 36.0 Å². The van der Waals surface area contributed by atoms with E-state index in [9.17, 15) is 34.2 Å². The van der Waals surface area contributed by atoms with Crippen molar-refractivity contribution in [3.8, 4) is 17.1 Å². The second-order valence-corrected chi connectivity index (χ2v) is 12.6. The van der Waals surface area contributed by atoms with Gasteiger partial charge in [0.2, 0.25) is 17.7 Å². The Kier molecular flexibility index (Phi) is 10.5. The molecule has 3 aromatic carbocycles. The number of carboxylic acid groups (broad SMARTS) is 1. The van der Waals surface area contributed by atoms with E-state index in [1.807, 2.05) is 50.2 Å². The predicted molar refractivity (Wildman–Crippen MR) is 194 cm³/mol. The number of carbonyl (C=O) groups is 5. The minimum atomic E-state index is -1.28. The normalized spacial score (nSPS) is 12.3. The van der Waals surface area contributed by atoms with Crippen molar-refractivity contribution in [2.24, 2.45) is 0 Å². The number of benzene rings is 3. The number of phenolic OH excluding ortho intramolecular Hbond substituents is 1. The number of aryl methyl sites for hydroxylation is 2. The van der Waals surface area contributed by atoms with E-state index < -0.39 is 54.8 Å². The van der Waals surface area contributed by atoms with Gasteiger partial charge in [0, 0.05) is 47.4 Å². The summed E-state index contributed by atoms with van der Waals surface area (Å²) in [5, 5.41) is 30.8. The molecule has 9 N–H and O–H groups in total. The quantitative estimate of drug-likeness (QED) is 0.0799. The zero-order valence-electron chi connectivity index (χ0n) is 28.7. The third-order valence-corrected chi connectivity index (χ3v) is 8.81. The Hall–Kier alpha value is -6.97. The zero-order valence-corrected chi connectivity index (χ0v) is 28.7. The van der Waals surface area contributed by atoms with E-state index in [-0.39, 0.29) is 24.2 Å². The van der Waals surface area contributed by atoms with Gasteiger partial charge >= 0.3 is 5.97 Å². The lowest BCUT2D eigenvalue weighted by Crippen LogP contribution is -2.53. The maximum absolute atomic E-state index is 13.4. The maximum atomic E-state index is 13.4. The highest BCUT2D eigenvalue weighted by Crippen LogP contribution is 2.27. The van der Waals surface area contributed by atoms with Crippen LogP contribution in [0.5, 0.6) is 5.75 Å². The smallest absolute Gasteiger partial charge is 0.326 e. The number of imidazole rings is 2. The average molecular weight is 720 g/mol. The summed E-state index contributed by atoms with van der Waals surface area (Å²) in [5.41, 5.74) is 6.21. The SMILES string of the molecule is Cc1cc2nc(-c3ccc(O)c(C(=O)NCC(=O)N[C@@H](Cc4c[nH]c5ccccc45)C(=O)NCC(=O)N[C@@H](Cc4cnc[nH]4)C(=O)O)c3)[nH]c2cc1C. The summed E-state index contributed by atoms with van der Waals surface area (Å²) in [6.07, 6.45) is 4.50. The molecule has 6 rings (SSSR count). The molecule has 0 spiro atoms. The van der Waals surface area contributed by atoms with E-state index in [0.717, 1.165) is 33.1 Å². The highest BCUT2D eigenvalue weighted by molar-refractivity contribution is 6.00. The Morgan fingerprint density at radius 3 is 2.32 bits per heavy atom. The zero-order chi connectivity index (χ0) is 37.6. The monoisotopic (exact) mass is 719 g/mol. The van der Waals surface area contributed by atoms with E-state index in [4.69, 9.17) is 0 Å². The van der Waals surface area contributed by atoms with Gasteiger partial charge < -0.3 is 46.4 Å². The van der Waals surface area contributed by atoms with Crippen molar-refractivity contribution in [1.82, 2.24) is 46.2 Å². The number of hydrogen-bond donors (Lipinski definition) is 9. The summed E-state index contributed by atoms with van der Waals surface area (Å²) < 4.78 is 0. The molecule has 0 saturated heterocycles. The van der Waals surface area contributed by atoms with Gasteiger partial charge in [0.15, 0.2) is 0 Å². The number of carboxylic acids is 1. The molecular formula is C37H37N9O7. The molecular weight excluding hydrogens is 682 g/mol. The molecule has 4 amide bonds. The first-order chi connectivity index (χ1) is 25.4. The molecule has 0 radical (unpaired) electrons. The van der Waals surface area contributed by atoms with E-state index in [1.165, 1.54) is 24.7 Å². The fraction of sp³-hybridized carbons (Fsp3) is 0.216. The lowest BCUT2D eigenvalue weighted by Gasteiger charge is -2.19. The second-order valence-electron chi connectivity index (χ2n) is 12.6. The number of fused-ring (bicyclic) bond motifs is 2. The molecule has 0 fully saturated rings. The van der Waals surface area contributed by atoms with Crippen molar-refractivity contribution in [3.63, 3.8) is 0 Å². The number of hydrogen-bond acceptors (Lipinski definition) is 8. The van der Waals surface area contributed by atoms with E-state index >= 15 is 0 Å². The third-order valence-electron chi connectivity index (χ3n) is 8.81. The van der Waals surface area contributed by atoms with Crippen LogP contribution in [-0.2, 0) is 32.0 Å². The molecule has 6 aromatic rings. The lowest BCUT2D eigenvalue weighted by atomic mass is 10.0. The Bertz CT molecular complexity index is 2290. The van der Waals surface area contributed by atoms with Crippen LogP contribution in [0, 0.1) is 13.8 Å². The lowest BCUT2D eigenvalue weighted by molar-refractivity contribution is -0.141. The second kappa shape index (κ2) is 15.5. The van der Waals surface area contributed by atoms with Crippen LogP contribution in [0.1, 0.15) is 32.7 Å². The Balaban J connectivity index is 1.11. The van der Waals surface area contributed by atoms with Crippen LogP contribution in [0.4, 0.5) is 0 Å². The molecule has 0 aliphatic heterocycles. The number of carbonyl (C=O) groups excluding carboxylic acids is 4. The number of amides is 4. The molecule has 0 saturated carbocycles. The molecule has 272 valence electrons. The molecule has 0 unspecified atom stereocenters. The van der Waals surface area contributed by atoms with Crippen LogP contribution in [0.2, 0.25) is 0 Å². The minimum absolute atomic E-state index is 0.0219. The van der Waals surface area contributed by atoms with Gasteiger partial charge in [-0.05, 0) is 66.9 Å². The average Bonchev–Trinajstić information content (AvgIpc) is 3.90. The maximum Gasteiger partial charge on any atom is 0.326 e. The molecule has 16 heteroatoms. The number of aromatic nitrogens is 5. The molecule has 3 aromatic heterocycles. The first-order valence-corrected chi connectivity index (χ1v) is 16.6.